The Kier molecular flexibility index (Phi) is 4.23. The van der Waals surface area contributed by atoms with Crippen molar-refractivity contribution in [3.05, 3.63) is 29.6 Å². The van der Waals surface area contributed by atoms with E-state index in [0.29, 0.717) is 17.5 Å². The van der Waals surface area contributed by atoms with E-state index in [-0.39, 0.29) is 12.4 Å². The topological polar surface area (TPSA) is 29.3 Å². The van der Waals surface area contributed by atoms with E-state index in [2.05, 4.69) is 18.9 Å². The highest BCUT2D eigenvalue weighted by molar-refractivity contribution is 5.48. The Morgan fingerprint density at radius 3 is 2.67 bits per heavy atom. The lowest BCUT2D eigenvalue weighted by molar-refractivity contribution is 0.321. The molecule has 2 nitrogen and oxygen atoms in total. The molecule has 1 fully saturated rings. The van der Waals surface area contributed by atoms with E-state index in [1.165, 1.54) is 25.7 Å². The van der Waals surface area contributed by atoms with Crippen LogP contribution in [-0.2, 0) is 6.54 Å². The Morgan fingerprint density at radius 2 is 2.06 bits per heavy atom. The summed E-state index contributed by atoms with van der Waals surface area (Å²) < 4.78 is 13.8. The fourth-order valence-corrected chi connectivity index (χ4v) is 2.98. The van der Waals surface area contributed by atoms with Gasteiger partial charge in [-0.1, -0.05) is 25.8 Å². The Labute approximate surface area is 109 Å². The lowest BCUT2D eigenvalue weighted by Crippen LogP contribution is -2.39. The van der Waals surface area contributed by atoms with E-state index in [4.69, 9.17) is 5.73 Å². The highest BCUT2D eigenvalue weighted by Crippen LogP contribution is 2.30. The van der Waals surface area contributed by atoms with Gasteiger partial charge in [0, 0.05) is 30.9 Å². The van der Waals surface area contributed by atoms with E-state index >= 15 is 0 Å². The maximum atomic E-state index is 13.8. The third kappa shape index (κ3) is 2.66. The Balaban J connectivity index is 2.17. The van der Waals surface area contributed by atoms with Crippen molar-refractivity contribution in [2.24, 2.45) is 11.7 Å². The standard InChI is InChI=1S/C15H23FN2/c1-11-5-3-4-6-15(11)18(2)13-8-7-12(10-17)14(16)9-13/h7-9,11,15H,3-6,10,17H2,1-2H3. The molecule has 0 amide bonds. The average Bonchev–Trinajstić information content (AvgIpc) is 2.38. The number of nitrogens with zero attached hydrogens (tertiary/aromatic N) is 1. The molecule has 0 heterocycles. The van der Waals surface area contributed by atoms with Crippen LogP contribution >= 0.6 is 0 Å². The van der Waals surface area contributed by atoms with E-state index in [1.54, 1.807) is 12.1 Å². The zero-order valence-corrected chi connectivity index (χ0v) is 11.3. The molecule has 1 aromatic rings. The highest BCUT2D eigenvalue weighted by atomic mass is 19.1. The van der Waals surface area contributed by atoms with Gasteiger partial charge in [-0.2, -0.15) is 0 Å². The minimum Gasteiger partial charge on any atom is -0.371 e. The number of nitrogens with two attached hydrogens (primary N) is 1. The molecular formula is C15H23FN2. The second kappa shape index (κ2) is 5.70. The van der Waals surface area contributed by atoms with Crippen molar-refractivity contribution in [2.45, 2.75) is 45.2 Å². The summed E-state index contributed by atoms with van der Waals surface area (Å²) in [4.78, 5) is 2.23. The molecule has 1 aromatic carbocycles. The van der Waals surface area contributed by atoms with Gasteiger partial charge in [-0.15, -0.1) is 0 Å². The zero-order chi connectivity index (χ0) is 13.1. The summed E-state index contributed by atoms with van der Waals surface area (Å²) in [5.74, 6) is 0.492. The first-order chi connectivity index (χ1) is 8.63. The van der Waals surface area contributed by atoms with Gasteiger partial charge in [0.15, 0.2) is 0 Å². The monoisotopic (exact) mass is 250 g/mol. The molecule has 0 radical (unpaired) electrons. The number of hydrogen-bond donors (Lipinski definition) is 1. The summed E-state index contributed by atoms with van der Waals surface area (Å²) in [5.41, 5.74) is 7.04. The van der Waals surface area contributed by atoms with Gasteiger partial charge in [-0.05, 0) is 30.9 Å². The fraction of sp³-hybridized carbons (Fsp3) is 0.600. The first-order valence-electron chi connectivity index (χ1n) is 6.85. The van der Waals surface area contributed by atoms with Gasteiger partial charge in [-0.25, -0.2) is 4.39 Å². The quantitative estimate of drug-likeness (QED) is 0.892. The highest BCUT2D eigenvalue weighted by Gasteiger charge is 2.25. The van der Waals surface area contributed by atoms with Crippen LogP contribution in [0.25, 0.3) is 0 Å². The molecule has 2 unspecified atom stereocenters. The molecule has 1 saturated carbocycles. The van der Waals surface area contributed by atoms with Gasteiger partial charge in [0.05, 0.1) is 0 Å². The Hall–Kier alpha value is -1.09. The third-order valence-electron chi connectivity index (χ3n) is 4.23. The molecule has 18 heavy (non-hydrogen) atoms. The molecule has 1 aliphatic rings. The lowest BCUT2D eigenvalue weighted by atomic mass is 9.85. The number of anilines is 1. The normalized spacial score (nSPS) is 24.0. The maximum absolute atomic E-state index is 13.8. The summed E-state index contributed by atoms with van der Waals surface area (Å²) in [6.07, 6.45) is 5.09. The van der Waals surface area contributed by atoms with Gasteiger partial charge < -0.3 is 10.6 Å². The molecule has 3 heteroatoms. The van der Waals surface area contributed by atoms with Crippen LogP contribution in [0.4, 0.5) is 10.1 Å². The van der Waals surface area contributed by atoms with Crippen molar-refractivity contribution in [3.63, 3.8) is 0 Å². The van der Waals surface area contributed by atoms with E-state index in [1.807, 2.05) is 6.07 Å². The van der Waals surface area contributed by atoms with Crippen molar-refractivity contribution in [3.8, 4) is 0 Å². The van der Waals surface area contributed by atoms with Crippen LogP contribution in [-0.4, -0.2) is 13.1 Å². The van der Waals surface area contributed by atoms with Gasteiger partial charge in [0.1, 0.15) is 5.82 Å². The van der Waals surface area contributed by atoms with Crippen molar-refractivity contribution in [1.82, 2.24) is 0 Å². The predicted molar refractivity (Wildman–Crippen MR) is 74.1 cm³/mol. The van der Waals surface area contributed by atoms with Crippen molar-refractivity contribution in [1.29, 1.82) is 0 Å². The third-order valence-corrected chi connectivity index (χ3v) is 4.23. The first kappa shape index (κ1) is 13.3. The van der Waals surface area contributed by atoms with Crippen molar-refractivity contribution in [2.75, 3.05) is 11.9 Å². The molecule has 0 aromatic heterocycles. The summed E-state index contributed by atoms with van der Waals surface area (Å²) in [5, 5.41) is 0. The molecule has 1 aliphatic carbocycles. The van der Waals surface area contributed by atoms with Crippen LogP contribution in [0.3, 0.4) is 0 Å². The molecule has 0 aliphatic heterocycles. The van der Waals surface area contributed by atoms with Crippen molar-refractivity contribution < 1.29 is 4.39 Å². The van der Waals surface area contributed by atoms with Crippen LogP contribution < -0.4 is 10.6 Å². The molecule has 0 saturated heterocycles. The van der Waals surface area contributed by atoms with Gasteiger partial charge in [0.2, 0.25) is 0 Å². The summed E-state index contributed by atoms with van der Waals surface area (Å²) >= 11 is 0. The van der Waals surface area contributed by atoms with Crippen LogP contribution in [0.5, 0.6) is 0 Å². The second-order valence-corrected chi connectivity index (χ2v) is 5.42. The number of benzene rings is 1. The SMILES string of the molecule is CC1CCCCC1N(C)c1ccc(CN)c(F)c1. The minimum absolute atomic E-state index is 0.190. The van der Waals surface area contributed by atoms with E-state index in [9.17, 15) is 4.39 Å². The first-order valence-corrected chi connectivity index (χ1v) is 6.85. The molecule has 100 valence electrons. The van der Waals surface area contributed by atoms with E-state index < -0.39 is 0 Å². The molecule has 0 bridgehead atoms. The second-order valence-electron chi connectivity index (χ2n) is 5.42. The van der Waals surface area contributed by atoms with Crippen LogP contribution in [0.2, 0.25) is 0 Å². The largest absolute Gasteiger partial charge is 0.371 e. The van der Waals surface area contributed by atoms with Crippen LogP contribution in [0.15, 0.2) is 18.2 Å². The van der Waals surface area contributed by atoms with Crippen molar-refractivity contribution >= 4 is 5.69 Å². The van der Waals surface area contributed by atoms with Gasteiger partial charge in [0.25, 0.3) is 0 Å². The molecular weight excluding hydrogens is 227 g/mol. The summed E-state index contributed by atoms with van der Waals surface area (Å²) in [6, 6.07) is 5.92. The Bertz CT molecular complexity index is 405. The fourth-order valence-electron chi connectivity index (χ4n) is 2.98. The lowest BCUT2D eigenvalue weighted by Gasteiger charge is -2.37. The molecule has 2 rings (SSSR count). The molecule has 2 atom stereocenters. The van der Waals surface area contributed by atoms with E-state index in [0.717, 1.165) is 5.69 Å². The predicted octanol–water partition coefficient (Wildman–Crippen LogP) is 3.30. The summed E-state index contributed by atoms with van der Waals surface area (Å²) in [6.45, 7) is 2.56. The number of halogens is 1. The number of rotatable bonds is 3. The average molecular weight is 250 g/mol. The molecule has 0 spiro atoms. The van der Waals surface area contributed by atoms with Gasteiger partial charge in [-0.3, -0.25) is 0 Å². The Morgan fingerprint density at radius 1 is 1.33 bits per heavy atom. The van der Waals surface area contributed by atoms with Crippen LogP contribution in [0, 0.1) is 11.7 Å². The van der Waals surface area contributed by atoms with Crippen LogP contribution in [0.1, 0.15) is 38.2 Å². The minimum atomic E-state index is -0.190. The smallest absolute Gasteiger partial charge is 0.129 e. The summed E-state index contributed by atoms with van der Waals surface area (Å²) in [7, 11) is 2.07. The molecule has 2 N–H and O–H groups in total. The maximum Gasteiger partial charge on any atom is 0.129 e. The zero-order valence-electron chi connectivity index (χ0n) is 11.3. The van der Waals surface area contributed by atoms with Gasteiger partial charge >= 0.3 is 0 Å². The number of hydrogen-bond acceptors (Lipinski definition) is 2.